The van der Waals surface area contributed by atoms with Gasteiger partial charge in [-0.3, -0.25) is 4.79 Å². The molecule has 0 aliphatic carbocycles. The normalized spacial score (nSPS) is 18.4. The first-order valence-corrected chi connectivity index (χ1v) is 6.67. The first-order chi connectivity index (χ1) is 9.56. The Hall–Kier alpha value is -1.69. The van der Waals surface area contributed by atoms with Gasteiger partial charge >= 0.3 is 0 Å². The summed E-state index contributed by atoms with van der Waals surface area (Å²) in [6, 6.07) is 3.22. The number of benzene rings is 1. The average molecular weight is 284 g/mol. The van der Waals surface area contributed by atoms with Crippen molar-refractivity contribution in [1.29, 1.82) is 0 Å². The summed E-state index contributed by atoms with van der Waals surface area (Å²) < 4.78 is 31.1. The van der Waals surface area contributed by atoms with E-state index in [1.165, 1.54) is 6.07 Å². The number of rotatable bonds is 5. The third kappa shape index (κ3) is 3.90. The highest BCUT2D eigenvalue weighted by molar-refractivity contribution is 5.76. The predicted molar refractivity (Wildman–Crippen MR) is 70.3 cm³/mol. The number of likely N-dealkylation sites (tertiary alicyclic amines) is 1. The molecule has 0 aromatic heterocycles. The van der Waals surface area contributed by atoms with E-state index < -0.39 is 11.6 Å². The third-order valence-corrected chi connectivity index (χ3v) is 3.26. The van der Waals surface area contributed by atoms with Gasteiger partial charge in [-0.2, -0.15) is 0 Å². The van der Waals surface area contributed by atoms with Crippen molar-refractivity contribution < 1.29 is 18.3 Å². The molecule has 1 heterocycles. The van der Waals surface area contributed by atoms with E-state index in [9.17, 15) is 13.6 Å². The number of halogens is 2. The summed E-state index contributed by atoms with van der Waals surface area (Å²) >= 11 is 0. The molecule has 2 rings (SSSR count). The Morgan fingerprint density at radius 1 is 1.45 bits per heavy atom. The molecule has 6 heteroatoms. The molecule has 1 fully saturated rings. The fourth-order valence-electron chi connectivity index (χ4n) is 2.17. The van der Waals surface area contributed by atoms with Crippen LogP contribution in [0.15, 0.2) is 18.2 Å². The second-order valence-electron chi connectivity index (χ2n) is 4.92. The Kier molecular flexibility index (Phi) is 4.89. The van der Waals surface area contributed by atoms with E-state index in [0.717, 1.165) is 18.6 Å². The maximum absolute atomic E-state index is 13.3. The number of nitrogens with two attached hydrogens (primary N) is 1. The van der Waals surface area contributed by atoms with Crippen molar-refractivity contribution in [3.8, 4) is 5.75 Å². The highest BCUT2D eigenvalue weighted by Gasteiger charge is 2.22. The number of ether oxygens (including phenoxy) is 1. The van der Waals surface area contributed by atoms with Crippen molar-refractivity contribution in [1.82, 2.24) is 4.90 Å². The minimum absolute atomic E-state index is 0.00189. The molecule has 1 saturated heterocycles. The Bertz CT molecular complexity index is 482. The molecule has 1 aliphatic rings. The van der Waals surface area contributed by atoms with Crippen LogP contribution in [0.2, 0.25) is 0 Å². The van der Waals surface area contributed by atoms with Gasteiger partial charge in [0.05, 0.1) is 6.61 Å². The molecule has 1 unspecified atom stereocenters. The van der Waals surface area contributed by atoms with Gasteiger partial charge in [0.15, 0.2) is 11.6 Å². The van der Waals surface area contributed by atoms with E-state index in [2.05, 4.69) is 0 Å². The van der Waals surface area contributed by atoms with Gasteiger partial charge in [0, 0.05) is 31.6 Å². The van der Waals surface area contributed by atoms with Crippen LogP contribution in [-0.2, 0) is 4.79 Å². The molecular formula is C14H18F2N2O2. The highest BCUT2D eigenvalue weighted by Crippen LogP contribution is 2.18. The van der Waals surface area contributed by atoms with Crippen LogP contribution >= 0.6 is 0 Å². The molecule has 0 radical (unpaired) electrons. The summed E-state index contributed by atoms with van der Waals surface area (Å²) in [4.78, 5) is 13.5. The highest BCUT2D eigenvalue weighted by atomic mass is 19.1. The summed E-state index contributed by atoms with van der Waals surface area (Å²) in [6.07, 6.45) is 1.67. The lowest BCUT2D eigenvalue weighted by Crippen LogP contribution is -2.31. The summed E-state index contributed by atoms with van der Waals surface area (Å²) in [6.45, 7) is 1.52. The van der Waals surface area contributed by atoms with Crippen molar-refractivity contribution in [2.75, 3.05) is 19.7 Å². The molecule has 0 spiro atoms. The maximum atomic E-state index is 13.3. The molecule has 1 amide bonds. The first-order valence-electron chi connectivity index (χ1n) is 6.67. The van der Waals surface area contributed by atoms with Gasteiger partial charge in [-0.05, 0) is 25.0 Å². The van der Waals surface area contributed by atoms with Gasteiger partial charge < -0.3 is 15.4 Å². The lowest BCUT2D eigenvalue weighted by atomic mass is 10.3. The summed E-state index contributed by atoms with van der Waals surface area (Å²) in [5.41, 5.74) is 5.73. The van der Waals surface area contributed by atoms with Crippen molar-refractivity contribution in [3.63, 3.8) is 0 Å². The quantitative estimate of drug-likeness (QED) is 0.837. The van der Waals surface area contributed by atoms with E-state index in [-0.39, 0.29) is 24.3 Å². The molecule has 1 atom stereocenters. The number of amides is 1. The Morgan fingerprint density at radius 3 is 2.90 bits per heavy atom. The number of nitrogens with zero attached hydrogens (tertiary/aromatic N) is 1. The molecule has 20 heavy (non-hydrogen) atoms. The molecule has 1 aliphatic heterocycles. The van der Waals surface area contributed by atoms with Crippen molar-refractivity contribution >= 4 is 5.91 Å². The summed E-state index contributed by atoms with van der Waals surface area (Å²) in [7, 11) is 0. The van der Waals surface area contributed by atoms with Gasteiger partial charge in [-0.25, -0.2) is 8.78 Å². The summed E-state index contributed by atoms with van der Waals surface area (Å²) in [5.74, 6) is -1.33. The topological polar surface area (TPSA) is 55.6 Å². The Balaban J connectivity index is 1.70. The minimum Gasteiger partial charge on any atom is -0.491 e. The van der Waals surface area contributed by atoms with Gasteiger partial charge in [0.25, 0.3) is 0 Å². The number of carbonyl (C=O) groups excluding carboxylic acids is 1. The molecule has 0 bridgehead atoms. The fourth-order valence-corrected chi connectivity index (χ4v) is 2.17. The van der Waals surface area contributed by atoms with Crippen LogP contribution < -0.4 is 10.5 Å². The number of hydrogen-bond acceptors (Lipinski definition) is 3. The molecule has 0 saturated carbocycles. The third-order valence-electron chi connectivity index (χ3n) is 3.26. The van der Waals surface area contributed by atoms with Crippen LogP contribution in [-0.4, -0.2) is 36.5 Å². The van der Waals surface area contributed by atoms with Crippen LogP contribution in [0.25, 0.3) is 0 Å². The maximum Gasteiger partial charge on any atom is 0.222 e. The van der Waals surface area contributed by atoms with Crippen molar-refractivity contribution in [2.24, 2.45) is 5.73 Å². The molecule has 110 valence electrons. The Morgan fingerprint density at radius 2 is 2.25 bits per heavy atom. The molecular weight excluding hydrogens is 266 g/mol. The first kappa shape index (κ1) is 14.7. The van der Waals surface area contributed by atoms with E-state index in [4.69, 9.17) is 10.5 Å². The minimum atomic E-state index is -0.734. The zero-order valence-corrected chi connectivity index (χ0v) is 11.1. The van der Waals surface area contributed by atoms with Crippen LogP contribution in [0.3, 0.4) is 0 Å². The zero-order chi connectivity index (χ0) is 14.5. The Labute approximate surface area is 116 Å². The van der Waals surface area contributed by atoms with Gasteiger partial charge in [-0.15, -0.1) is 0 Å². The lowest BCUT2D eigenvalue weighted by molar-refractivity contribution is -0.130. The van der Waals surface area contributed by atoms with E-state index in [1.807, 2.05) is 0 Å². The van der Waals surface area contributed by atoms with Crippen LogP contribution in [0.4, 0.5) is 8.78 Å². The second-order valence-corrected chi connectivity index (χ2v) is 4.92. The zero-order valence-electron chi connectivity index (χ0n) is 11.1. The molecule has 1 aromatic rings. The number of carbonyl (C=O) groups is 1. The van der Waals surface area contributed by atoms with E-state index >= 15 is 0 Å². The van der Waals surface area contributed by atoms with Gasteiger partial charge in [0.1, 0.15) is 5.82 Å². The van der Waals surface area contributed by atoms with Gasteiger partial charge in [0.2, 0.25) is 5.91 Å². The average Bonchev–Trinajstić information content (AvgIpc) is 2.83. The molecule has 4 nitrogen and oxygen atoms in total. The predicted octanol–water partition coefficient (Wildman–Crippen LogP) is 1.68. The van der Waals surface area contributed by atoms with Crippen molar-refractivity contribution in [2.45, 2.75) is 25.3 Å². The smallest absolute Gasteiger partial charge is 0.222 e. The van der Waals surface area contributed by atoms with Crippen LogP contribution in [0, 0.1) is 11.6 Å². The van der Waals surface area contributed by atoms with Crippen LogP contribution in [0.1, 0.15) is 19.3 Å². The molecule has 2 N–H and O–H groups in total. The number of hydrogen-bond donors (Lipinski definition) is 1. The summed E-state index contributed by atoms with van der Waals surface area (Å²) in [5, 5.41) is 0. The van der Waals surface area contributed by atoms with Crippen molar-refractivity contribution in [3.05, 3.63) is 29.8 Å². The molecule has 1 aromatic carbocycles. The fraction of sp³-hybridized carbons (Fsp3) is 0.500. The van der Waals surface area contributed by atoms with E-state index in [0.29, 0.717) is 25.9 Å². The second kappa shape index (κ2) is 6.65. The standard InChI is InChI=1S/C14H18F2N2O2/c15-10-3-4-13(12(16)8-10)20-7-1-2-14(19)18-6-5-11(17)9-18/h3-4,8,11H,1-2,5-7,9,17H2. The SMILES string of the molecule is NC1CCN(C(=O)CCCOc2ccc(F)cc2F)C1. The van der Waals surface area contributed by atoms with E-state index in [1.54, 1.807) is 4.90 Å². The van der Waals surface area contributed by atoms with Crippen LogP contribution in [0.5, 0.6) is 5.75 Å². The lowest BCUT2D eigenvalue weighted by Gasteiger charge is -2.15. The monoisotopic (exact) mass is 284 g/mol. The van der Waals surface area contributed by atoms with Gasteiger partial charge in [-0.1, -0.05) is 0 Å². The largest absolute Gasteiger partial charge is 0.491 e.